The van der Waals surface area contributed by atoms with Crippen molar-refractivity contribution in [3.8, 4) is 0 Å². The number of carboxylic acid groups (broad SMARTS) is 1. The highest BCUT2D eigenvalue weighted by atomic mass is 127. The van der Waals surface area contributed by atoms with Gasteiger partial charge in [-0.3, -0.25) is 14.4 Å². The Morgan fingerprint density at radius 1 is 1.21 bits per heavy atom. The largest absolute Gasteiger partial charge is 0.480 e. The summed E-state index contributed by atoms with van der Waals surface area (Å²) in [6, 6.07) is 5.31. The van der Waals surface area contributed by atoms with Crippen molar-refractivity contribution in [1.82, 2.24) is 10.6 Å². The first-order valence-electron chi connectivity index (χ1n) is 5.43. The van der Waals surface area contributed by atoms with E-state index in [2.05, 4.69) is 33.2 Å². The molecule has 7 heteroatoms. The van der Waals surface area contributed by atoms with Crippen LogP contribution in [-0.4, -0.2) is 36.0 Å². The lowest BCUT2D eigenvalue weighted by Gasteiger charge is -2.08. The summed E-state index contributed by atoms with van der Waals surface area (Å²) in [4.78, 5) is 33.3. The number of carbonyl (C=O) groups excluding carboxylic acids is 2. The van der Waals surface area contributed by atoms with Crippen molar-refractivity contribution < 1.29 is 19.5 Å². The Morgan fingerprint density at radius 2 is 1.89 bits per heavy atom. The van der Waals surface area contributed by atoms with Crippen molar-refractivity contribution in [2.45, 2.75) is 6.92 Å². The van der Waals surface area contributed by atoms with Crippen LogP contribution in [0.5, 0.6) is 0 Å². The average Bonchev–Trinajstić information content (AvgIpc) is 2.36. The van der Waals surface area contributed by atoms with Crippen LogP contribution < -0.4 is 10.6 Å². The van der Waals surface area contributed by atoms with Crippen LogP contribution in [0.4, 0.5) is 0 Å². The third-order valence-electron chi connectivity index (χ3n) is 2.28. The van der Waals surface area contributed by atoms with Gasteiger partial charge in [-0.05, 0) is 41.1 Å². The molecule has 19 heavy (non-hydrogen) atoms. The Labute approximate surface area is 123 Å². The molecule has 0 spiro atoms. The van der Waals surface area contributed by atoms with Crippen LogP contribution in [0.1, 0.15) is 15.9 Å². The summed E-state index contributed by atoms with van der Waals surface area (Å²) in [6.45, 7) is 1.17. The van der Waals surface area contributed by atoms with Crippen LogP contribution in [0, 0.1) is 10.5 Å². The second kappa shape index (κ2) is 7.07. The molecule has 0 heterocycles. The van der Waals surface area contributed by atoms with Gasteiger partial charge in [0.15, 0.2) is 0 Å². The van der Waals surface area contributed by atoms with E-state index < -0.39 is 18.4 Å². The molecule has 102 valence electrons. The maximum Gasteiger partial charge on any atom is 0.322 e. The molecule has 0 aliphatic rings. The first kappa shape index (κ1) is 15.4. The Morgan fingerprint density at radius 3 is 2.53 bits per heavy atom. The van der Waals surface area contributed by atoms with Crippen LogP contribution in [0.2, 0.25) is 0 Å². The maximum absolute atomic E-state index is 11.8. The second-order valence-corrected chi connectivity index (χ2v) is 4.87. The number of aryl methyl sites for hydroxylation is 1. The van der Waals surface area contributed by atoms with Crippen LogP contribution in [0.25, 0.3) is 0 Å². The highest BCUT2D eigenvalue weighted by molar-refractivity contribution is 14.1. The van der Waals surface area contributed by atoms with Gasteiger partial charge in [-0.25, -0.2) is 0 Å². The SMILES string of the molecule is Cc1cccc(C(=O)NCC(=O)NCC(=O)O)c1I. The van der Waals surface area contributed by atoms with Crippen LogP contribution in [0.15, 0.2) is 18.2 Å². The maximum atomic E-state index is 11.8. The van der Waals surface area contributed by atoms with Gasteiger partial charge in [0.05, 0.1) is 12.1 Å². The van der Waals surface area contributed by atoms with Gasteiger partial charge in [-0.1, -0.05) is 12.1 Å². The number of rotatable bonds is 5. The summed E-state index contributed by atoms with van der Waals surface area (Å²) < 4.78 is 0.823. The summed E-state index contributed by atoms with van der Waals surface area (Å²) in [5.74, 6) is -2.04. The molecule has 2 amide bonds. The Kier molecular flexibility index (Phi) is 5.74. The highest BCUT2D eigenvalue weighted by Gasteiger charge is 2.12. The fraction of sp³-hybridized carbons (Fsp3) is 0.250. The minimum absolute atomic E-state index is 0.254. The zero-order valence-corrected chi connectivity index (χ0v) is 12.4. The Bertz CT molecular complexity index is 516. The number of nitrogens with one attached hydrogen (secondary N) is 2. The molecule has 0 aromatic heterocycles. The zero-order chi connectivity index (χ0) is 14.4. The van der Waals surface area contributed by atoms with Crippen molar-refractivity contribution in [2.75, 3.05) is 13.1 Å². The predicted octanol–water partition coefficient (Wildman–Crippen LogP) is 0.530. The molecule has 0 atom stereocenters. The molecule has 0 fully saturated rings. The molecule has 0 aliphatic carbocycles. The average molecular weight is 376 g/mol. The molecule has 0 unspecified atom stereocenters. The van der Waals surface area contributed by atoms with Gasteiger partial charge < -0.3 is 15.7 Å². The lowest BCUT2D eigenvalue weighted by Crippen LogP contribution is -2.39. The molecular weight excluding hydrogens is 363 g/mol. The van der Waals surface area contributed by atoms with Crippen LogP contribution >= 0.6 is 22.6 Å². The second-order valence-electron chi connectivity index (χ2n) is 3.79. The Balaban J connectivity index is 2.54. The molecular formula is C12H13IN2O4. The Hall–Kier alpha value is -1.64. The van der Waals surface area contributed by atoms with Crippen LogP contribution in [-0.2, 0) is 9.59 Å². The fourth-order valence-corrected chi connectivity index (χ4v) is 1.92. The zero-order valence-electron chi connectivity index (χ0n) is 10.2. The summed E-state index contributed by atoms with van der Waals surface area (Å²) >= 11 is 2.06. The van der Waals surface area contributed by atoms with Crippen molar-refractivity contribution in [2.24, 2.45) is 0 Å². The molecule has 0 bridgehead atoms. The lowest BCUT2D eigenvalue weighted by molar-refractivity contribution is -0.137. The summed E-state index contributed by atoms with van der Waals surface area (Å²) in [5.41, 5.74) is 1.47. The van der Waals surface area contributed by atoms with Crippen molar-refractivity contribution >= 4 is 40.4 Å². The van der Waals surface area contributed by atoms with Crippen molar-refractivity contribution in [3.05, 3.63) is 32.9 Å². The van der Waals surface area contributed by atoms with E-state index in [9.17, 15) is 14.4 Å². The highest BCUT2D eigenvalue weighted by Crippen LogP contribution is 2.16. The number of aliphatic carboxylic acids is 1. The molecule has 0 aliphatic heterocycles. The standard InChI is InChI=1S/C12H13IN2O4/c1-7-3-2-4-8(11(7)13)12(19)15-5-9(16)14-6-10(17)18/h2-4H,5-6H2,1H3,(H,14,16)(H,15,19)(H,17,18). The molecule has 6 nitrogen and oxygen atoms in total. The van der Waals surface area contributed by atoms with E-state index in [4.69, 9.17) is 5.11 Å². The predicted molar refractivity (Wildman–Crippen MR) is 76.9 cm³/mol. The monoisotopic (exact) mass is 376 g/mol. The van der Waals surface area contributed by atoms with E-state index in [0.717, 1.165) is 9.13 Å². The van der Waals surface area contributed by atoms with E-state index in [1.54, 1.807) is 12.1 Å². The summed E-state index contributed by atoms with van der Waals surface area (Å²) in [5, 5.41) is 13.0. The van der Waals surface area contributed by atoms with Gasteiger partial charge in [0.1, 0.15) is 6.54 Å². The fourth-order valence-electron chi connectivity index (χ4n) is 1.32. The minimum atomic E-state index is -1.13. The number of halogens is 1. The molecule has 1 rings (SSSR count). The number of hydrogen-bond donors (Lipinski definition) is 3. The van der Waals surface area contributed by atoms with E-state index in [1.165, 1.54) is 0 Å². The van der Waals surface area contributed by atoms with Crippen molar-refractivity contribution in [1.29, 1.82) is 0 Å². The molecule has 3 N–H and O–H groups in total. The summed E-state index contributed by atoms with van der Waals surface area (Å²) in [7, 11) is 0. The third kappa shape index (κ3) is 4.86. The first-order chi connectivity index (χ1) is 8.91. The van der Waals surface area contributed by atoms with Gasteiger partial charge in [0, 0.05) is 3.57 Å². The number of carboxylic acids is 1. The number of hydrogen-bond acceptors (Lipinski definition) is 3. The molecule has 0 saturated carbocycles. The lowest BCUT2D eigenvalue weighted by atomic mass is 10.1. The van der Waals surface area contributed by atoms with E-state index >= 15 is 0 Å². The molecule has 1 aromatic carbocycles. The first-order valence-corrected chi connectivity index (χ1v) is 6.51. The topological polar surface area (TPSA) is 95.5 Å². The van der Waals surface area contributed by atoms with Crippen molar-refractivity contribution in [3.63, 3.8) is 0 Å². The smallest absolute Gasteiger partial charge is 0.322 e. The minimum Gasteiger partial charge on any atom is -0.480 e. The van der Waals surface area contributed by atoms with Gasteiger partial charge >= 0.3 is 5.97 Å². The summed E-state index contributed by atoms with van der Waals surface area (Å²) in [6.07, 6.45) is 0. The van der Waals surface area contributed by atoms with E-state index in [1.807, 2.05) is 13.0 Å². The van der Waals surface area contributed by atoms with Crippen LogP contribution in [0.3, 0.4) is 0 Å². The molecule has 0 radical (unpaired) electrons. The molecule has 0 saturated heterocycles. The quantitative estimate of drug-likeness (QED) is 0.654. The number of carbonyl (C=O) groups is 3. The third-order valence-corrected chi connectivity index (χ3v) is 3.71. The number of amides is 2. The van der Waals surface area contributed by atoms with Gasteiger partial charge in [-0.15, -0.1) is 0 Å². The van der Waals surface area contributed by atoms with E-state index in [-0.39, 0.29) is 12.5 Å². The van der Waals surface area contributed by atoms with Gasteiger partial charge in [0.25, 0.3) is 5.91 Å². The molecule has 1 aromatic rings. The van der Waals surface area contributed by atoms with Gasteiger partial charge in [0.2, 0.25) is 5.91 Å². The normalized spacial score (nSPS) is 9.79. The van der Waals surface area contributed by atoms with E-state index in [0.29, 0.717) is 5.56 Å². The number of benzene rings is 1. The van der Waals surface area contributed by atoms with Gasteiger partial charge in [-0.2, -0.15) is 0 Å².